The summed E-state index contributed by atoms with van der Waals surface area (Å²) in [6, 6.07) is 22.2. The Hall–Kier alpha value is -3.78. The third-order valence-corrected chi connectivity index (χ3v) is 8.73. The highest BCUT2D eigenvalue weighted by atomic mass is 32.2. The standard InChI is InChI=1S/C30H31N3O4S/c1-21(2)17-26(24-12-8-11-23(18-24)22-9-4-3-5-10-22)30(35)32-16-14-27-29(32)28(34)19-33(27)38(36,37)20-25-13-6-7-15-31-25/h3-15,18,21,26,29H,16-17,19-20H2,1-2H3. The first-order chi connectivity index (χ1) is 18.2. The first-order valence-corrected chi connectivity index (χ1v) is 14.4. The molecule has 0 N–H and O–H groups in total. The number of pyridine rings is 1. The predicted molar refractivity (Wildman–Crippen MR) is 146 cm³/mol. The lowest BCUT2D eigenvalue weighted by Gasteiger charge is -2.29. The van der Waals surface area contributed by atoms with E-state index in [1.165, 1.54) is 0 Å². The van der Waals surface area contributed by atoms with Crippen molar-refractivity contribution in [2.45, 2.75) is 38.0 Å². The molecular formula is C30H31N3O4S. The minimum atomic E-state index is -3.83. The van der Waals surface area contributed by atoms with Crippen molar-refractivity contribution < 1.29 is 18.0 Å². The summed E-state index contributed by atoms with van der Waals surface area (Å²) in [6.45, 7) is 4.07. The van der Waals surface area contributed by atoms with Gasteiger partial charge in [-0.25, -0.2) is 8.42 Å². The molecular weight excluding hydrogens is 498 g/mol. The van der Waals surface area contributed by atoms with Crippen molar-refractivity contribution in [1.29, 1.82) is 0 Å². The molecule has 3 aromatic rings. The van der Waals surface area contributed by atoms with E-state index in [-0.39, 0.29) is 36.5 Å². The molecule has 2 unspecified atom stereocenters. The Morgan fingerprint density at radius 2 is 1.74 bits per heavy atom. The fourth-order valence-corrected chi connectivity index (χ4v) is 6.83. The minimum Gasteiger partial charge on any atom is -0.323 e. The summed E-state index contributed by atoms with van der Waals surface area (Å²) >= 11 is 0. The maximum atomic E-state index is 14.0. The molecule has 0 radical (unpaired) electrons. The van der Waals surface area contributed by atoms with Crippen molar-refractivity contribution >= 4 is 21.7 Å². The Labute approximate surface area is 223 Å². The highest BCUT2D eigenvalue weighted by molar-refractivity contribution is 7.88. The lowest BCUT2D eigenvalue weighted by atomic mass is 9.87. The van der Waals surface area contributed by atoms with Crippen LogP contribution in [-0.4, -0.2) is 53.4 Å². The summed E-state index contributed by atoms with van der Waals surface area (Å²) < 4.78 is 27.6. The number of rotatable bonds is 8. The van der Waals surface area contributed by atoms with Gasteiger partial charge in [0.25, 0.3) is 0 Å². The molecule has 2 aliphatic rings. The van der Waals surface area contributed by atoms with Gasteiger partial charge in [0.2, 0.25) is 15.9 Å². The molecule has 1 amide bonds. The molecule has 5 rings (SSSR count). The number of Topliss-reactive ketones (excluding diaryl/α,β-unsaturated/α-hetero) is 1. The Balaban J connectivity index is 1.41. The molecule has 0 aliphatic carbocycles. The average Bonchev–Trinajstić information content (AvgIpc) is 3.49. The van der Waals surface area contributed by atoms with E-state index < -0.39 is 22.0 Å². The van der Waals surface area contributed by atoms with Gasteiger partial charge in [0.15, 0.2) is 5.78 Å². The van der Waals surface area contributed by atoms with Crippen molar-refractivity contribution in [1.82, 2.24) is 14.2 Å². The number of ketones is 1. The molecule has 0 bridgehead atoms. The molecule has 2 aromatic carbocycles. The van der Waals surface area contributed by atoms with E-state index in [4.69, 9.17) is 0 Å². The highest BCUT2D eigenvalue weighted by Crippen LogP contribution is 2.36. The molecule has 7 nitrogen and oxygen atoms in total. The molecule has 196 valence electrons. The molecule has 2 atom stereocenters. The third kappa shape index (κ3) is 5.13. The summed E-state index contributed by atoms with van der Waals surface area (Å²) in [5, 5.41) is 0. The molecule has 2 aliphatic heterocycles. The summed E-state index contributed by atoms with van der Waals surface area (Å²) in [5.74, 6) is -0.945. The van der Waals surface area contributed by atoms with Crippen LogP contribution >= 0.6 is 0 Å². The number of amides is 1. The summed E-state index contributed by atoms with van der Waals surface area (Å²) in [6.07, 6.45) is 3.86. The van der Waals surface area contributed by atoms with Gasteiger partial charge in [0, 0.05) is 12.7 Å². The van der Waals surface area contributed by atoms with Gasteiger partial charge in [-0.15, -0.1) is 0 Å². The fourth-order valence-electron chi connectivity index (χ4n) is 5.31. The van der Waals surface area contributed by atoms with E-state index in [0.29, 0.717) is 17.8 Å². The first kappa shape index (κ1) is 25.9. The average molecular weight is 530 g/mol. The quantitative estimate of drug-likeness (QED) is 0.432. The maximum Gasteiger partial charge on any atom is 0.241 e. The largest absolute Gasteiger partial charge is 0.323 e. The van der Waals surface area contributed by atoms with Crippen LogP contribution < -0.4 is 0 Å². The van der Waals surface area contributed by atoms with Crippen LogP contribution in [0.15, 0.2) is 90.8 Å². The second-order valence-electron chi connectivity index (χ2n) is 10.2. The zero-order valence-corrected chi connectivity index (χ0v) is 22.3. The molecule has 3 heterocycles. The van der Waals surface area contributed by atoms with E-state index in [9.17, 15) is 18.0 Å². The van der Waals surface area contributed by atoms with E-state index in [1.807, 2.05) is 54.6 Å². The molecule has 0 saturated carbocycles. The second-order valence-corrected chi connectivity index (χ2v) is 12.1. The van der Waals surface area contributed by atoms with Crippen LogP contribution in [0.25, 0.3) is 11.1 Å². The van der Waals surface area contributed by atoms with Gasteiger partial charge in [0.05, 0.1) is 23.9 Å². The lowest BCUT2D eigenvalue weighted by Crippen LogP contribution is -2.43. The van der Waals surface area contributed by atoms with Gasteiger partial charge in [-0.2, -0.15) is 0 Å². The van der Waals surface area contributed by atoms with Gasteiger partial charge < -0.3 is 4.90 Å². The number of hydrogen-bond acceptors (Lipinski definition) is 5. The van der Waals surface area contributed by atoms with Crippen LogP contribution in [0, 0.1) is 5.92 Å². The monoisotopic (exact) mass is 529 g/mol. The summed E-state index contributed by atoms with van der Waals surface area (Å²) in [5.41, 5.74) is 3.76. The maximum absolute atomic E-state index is 14.0. The number of sulfonamides is 1. The number of hydrogen-bond donors (Lipinski definition) is 0. The van der Waals surface area contributed by atoms with Crippen molar-refractivity contribution in [3.05, 3.63) is 102 Å². The van der Waals surface area contributed by atoms with Gasteiger partial charge in [-0.3, -0.25) is 18.9 Å². The van der Waals surface area contributed by atoms with E-state index in [1.54, 1.807) is 35.4 Å². The zero-order chi connectivity index (χ0) is 26.9. The molecule has 1 fully saturated rings. The number of fused-ring (bicyclic) bond motifs is 1. The fraction of sp³-hybridized carbons (Fsp3) is 0.300. The second kappa shape index (κ2) is 10.5. The Kier molecular flexibility index (Phi) is 7.17. The molecule has 1 aromatic heterocycles. The van der Waals surface area contributed by atoms with Crippen molar-refractivity contribution in [2.24, 2.45) is 5.92 Å². The molecule has 0 spiro atoms. The Morgan fingerprint density at radius 1 is 1.00 bits per heavy atom. The Bertz CT molecular complexity index is 1470. The van der Waals surface area contributed by atoms with Crippen molar-refractivity contribution in [2.75, 3.05) is 13.1 Å². The molecule has 38 heavy (non-hydrogen) atoms. The van der Waals surface area contributed by atoms with Gasteiger partial charge in [0.1, 0.15) is 11.8 Å². The summed E-state index contributed by atoms with van der Waals surface area (Å²) in [7, 11) is -3.83. The number of benzene rings is 2. The predicted octanol–water partition coefficient (Wildman–Crippen LogP) is 4.39. The summed E-state index contributed by atoms with van der Waals surface area (Å²) in [4.78, 5) is 32.8. The number of aromatic nitrogens is 1. The van der Waals surface area contributed by atoms with Gasteiger partial charge >= 0.3 is 0 Å². The normalized spacial score (nSPS) is 18.0. The zero-order valence-electron chi connectivity index (χ0n) is 21.5. The van der Waals surface area contributed by atoms with Gasteiger partial charge in [-0.05, 0) is 47.2 Å². The molecule has 1 saturated heterocycles. The highest BCUT2D eigenvalue weighted by Gasteiger charge is 2.49. The van der Waals surface area contributed by atoms with E-state index in [2.05, 4.69) is 18.8 Å². The molecule has 8 heteroatoms. The van der Waals surface area contributed by atoms with Crippen molar-refractivity contribution in [3.8, 4) is 11.1 Å². The van der Waals surface area contributed by atoms with Crippen LogP contribution in [0.5, 0.6) is 0 Å². The van der Waals surface area contributed by atoms with Crippen molar-refractivity contribution in [3.63, 3.8) is 0 Å². The third-order valence-electron chi connectivity index (χ3n) is 7.06. The van der Waals surface area contributed by atoms with Gasteiger partial charge in [-0.1, -0.05) is 74.5 Å². The Morgan fingerprint density at radius 3 is 2.45 bits per heavy atom. The lowest BCUT2D eigenvalue weighted by molar-refractivity contribution is -0.137. The smallest absolute Gasteiger partial charge is 0.241 e. The number of carbonyl (C=O) groups is 2. The van der Waals surface area contributed by atoms with Crippen LogP contribution in [0.1, 0.15) is 37.4 Å². The first-order valence-electron chi connectivity index (χ1n) is 12.8. The van der Waals surface area contributed by atoms with Crippen LogP contribution in [0.2, 0.25) is 0 Å². The van der Waals surface area contributed by atoms with Crippen LogP contribution in [-0.2, 0) is 25.4 Å². The van der Waals surface area contributed by atoms with E-state index >= 15 is 0 Å². The minimum absolute atomic E-state index is 0.155. The van der Waals surface area contributed by atoms with Crippen LogP contribution in [0.4, 0.5) is 0 Å². The van der Waals surface area contributed by atoms with Crippen LogP contribution in [0.3, 0.4) is 0 Å². The number of nitrogens with zero attached hydrogens (tertiary/aromatic N) is 3. The topological polar surface area (TPSA) is 87.7 Å². The SMILES string of the molecule is CC(C)CC(C(=O)N1CC=C2C1C(=O)CN2S(=O)(=O)Cc1ccccn1)c1cccc(-c2ccccc2)c1. The van der Waals surface area contributed by atoms with E-state index in [0.717, 1.165) is 21.0 Å². The number of carbonyl (C=O) groups excluding carboxylic acids is 2.